The number of carboxylic acids is 1. The summed E-state index contributed by atoms with van der Waals surface area (Å²) in [6.45, 7) is -1.25. The standard InChI is InChI=1S/C7H10F3NO3/c8-7(9,10)4-11-1-2-14-3-5(11)6(12)13/h5H,1-4H2,(H,12,13)/t5-/m0/s1. The molecule has 0 aliphatic carbocycles. The van der Waals surface area contributed by atoms with Gasteiger partial charge in [-0.1, -0.05) is 0 Å². The molecule has 1 aliphatic rings. The molecule has 1 rings (SSSR count). The van der Waals surface area contributed by atoms with E-state index in [-0.39, 0.29) is 19.8 Å². The normalized spacial score (nSPS) is 24.9. The summed E-state index contributed by atoms with van der Waals surface area (Å²) in [4.78, 5) is 11.4. The van der Waals surface area contributed by atoms with E-state index < -0.39 is 24.7 Å². The highest BCUT2D eigenvalue weighted by Gasteiger charge is 2.37. The van der Waals surface area contributed by atoms with E-state index in [1.807, 2.05) is 0 Å². The van der Waals surface area contributed by atoms with E-state index in [2.05, 4.69) is 0 Å². The molecule has 0 bridgehead atoms. The van der Waals surface area contributed by atoms with Crippen molar-refractivity contribution >= 4 is 5.97 Å². The van der Waals surface area contributed by atoms with Gasteiger partial charge in [-0.15, -0.1) is 0 Å². The van der Waals surface area contributed by atoms with Crippen LogP contribution in [0.5, 0.6) is 0 Å². The molecule has 0 saturated carbocycles. The van der Waals surface area contributed by atoms with Crippen molar-refractivity contribution in [1.82, 2.24) is 4.90 Å². The third-order valence-corrected chi connectivity index (χ3v) is 1.91. The summed E-state index contributed by atoms with van der Waals surface area (Å²) in [6.07, 6.45) is -4.37. The smallest absolute Gasteiger partial charge is 0.401 e. The quantitative estimate of drug-likeness (QED) is 0.718. The lowest BCUT2D eigenvalue weighted by Gasteiger charge is -2.32. The Labute approximate surface area is 78.2 Å². The summed E-state index contributed by atoms with van der Waals surface area (Å²) < 4.78 is 40.8. The van der Waals surface area contributed by atoms with Gasteiger partial charge in [0, 0.05) is 6.54 Å². The largest absolute Gasteiger partial charge is 0.480 e. The average molecular weight is 213 g/mol. The van der Waals surface area contributed by atoms with Crippen LogP contribution in [0.2, 0.25) is 0 Å². The molecule has 1 saturated heterocycles. The Morgan fingerprint density at radius 1 is 1.57 bits per heavy atom. The second kappa shape index (κ2) is 4.14. The highest BCUT2D eigenvalue weighted by molar-refractivity contribution is 5.73. The van der Waals surface area contributed by atoms with Crippen molar-refractivity contribution in [1.29, 1.82) is 0 Å². The summed E-state index contributed by atoms with van der Waals surface area (Å²) in [7, 11) is 0. The molecule has 4 nitrogen and oxygen atoms in total. The summed E-state index contributed by atoms with van der Waals surface area (Å²) >= 11 is 0. The number of nitrogens with zero attached hydrogens (tertiary/aromatic N) is 1. The van der Waals surface area contributed by atoms with Gasteiger partial charge in [-0.3, -0.25) is 9.69 Å². The van der Waals surface area contributed by atoms with Crippen molar-refractivity contribution in [2.45, 2.75) is 12.2 Å². The summed E-state index contributed by atoms with van der Waals surface area (Å²) in [5.74, 6) is -1.28. The molecule has 0 radical (unpaired) electrons. The molecule has 1 heterocycles. The number of morpholine rings is 1. The number of halogens is 3. The van der Waals surface area contributed by atoms with E-state index in [0.29, 0.717) is 0 Å². The van der Waals surface area contributed by atoms with Gasteiger partial charge in [-0.2, -0.15) is 13.2 Å². The lowest BCUT2D eigenvalue weighted by Crippen LogP contribution is -2.52. The SMILES string of the molecule is O=C(O)[C@@H]1COCCN1CC(F)(F)F. The van der Waals surface area contributed by atoms with Gasteiger partial charge in [-0.05, 0) is 0 Å². The third-order valence-electron chi connectivity index (χ3n) is 1.91. The average Bonchev–Trinajstić information content (AvgIpc) is 2.01. The zero-order valence-electron chi connectivity index (χ0n) is 7.25. The molecule has 1 aliphatic heterocycles. The van der Waals surface area contributed by atoms with Gasteiger partial charge in [0.05, 0.1) is 19.8 Å². The van der Waals surface area contributed by atoms with Crippen molar-refractivity contribution in [2.24, 2.45) is 0 Å². The van der Waals surface area contributed by atoms with Gasteiger partial charge in [0.1, 0.15) is 6.04 Å². The Balaban J connectivity index is 2.59. The molecule has 1 fully saturated rings. The van der Waals surface area contributed by atoms with E-state index in [1.165, 1.54) is 0 Å². The minimum Gasteiger partial charge on any atom is -0.480 e. The van der Waals surface area contributed by atoms with Crippen LogP contribution in [0.3, 0.4) is 0 Å². The number of aliphatic carboxylic acids is 1. The number of carbonyl (C=O) groups is 1. The maximum Gasteiger partial charge on any atom is 0.401 e. The van der Waals surface area contributed by atoms with E-state index in [1.54, 1.807) is 0 Å². The first-order valence-electron chi connectivity index (χ1n) is 4.01. The van der Waals surface area contributed by atoms with Gasteiger partial charge in [0.2, 0.25) is 0 Å². The maximum absolute atomic E-state index is 12.0. The Morgan fingerprint density at radius 2 is 2.21 bits per heavy atom. The van der Waals surface area contributed by atoms with Crippen LogP contribution in [-0.4, -0.2) is 54.5 Å². The fraction of sp³-hybridized carbons (Fsp3) is 0.857. The van der Waals surface area contributed by atoms with Crippen LogP contribution in [0.4, 0.5) is 13.2 Å². The molecule has 0 unspecified atom stereocenters. The predicted octanol–water partition coefficient (Wildman–Crippen LogP) is 0.334. The molecule has 0 spiro atoms. The highest BCUT2D eigenvalue weighted by atomic mass is 19.4. The molecule has 82 valence electrons. The molecule has 7 heteroatoms. The first-order valence-corrected chi connectivity index (χ1v) is 4.01. The van der Waals surface area contributed by atoms with Gasteiger partial charge < -0.3 is 9.84 Å². The molecular formula is C7H10F3NO3. The Kier molecular flexibility index (Phi) is 3.33. The minimum absolute atomic E-state index is 0.00350. The zero-order chi connectivity index (χ0) is 10.8. The lowest BCUT2D eigenvalue weighted by molar-refractivity contribution is -0.173. The number of rotatable bonds is 2. The Hall–Kier alpha value is -0.820. The van der Waals surface area contributed by atoms with Crippen LogP contribution in [0.15, 0.2) is 0 Å². The Morgan fingerprint density at radius 3 is 2.71 bits per heavy atom. The van der Waals surface area contributed by atoms with Crippen LogP contribution in [-0.2, 0) is 9.53 Å². The third kappa shape index (κ3) is 3.15. The molecule has 14 heavy (non-hydrogen) atoms. The molecular weight excluding hydrogens is 203 g/mol. The topological polar surface area (TPSA) is 49.8 Å². The first-order chi connectivity index (χ1) is 6.40. The first kappa shape index (κ1) is 11.3. The van der Waals surface area contributed by atoms with Crippen molar-refractivity contribution in [2.75, 3.05) is 26.3 Å². The summed E-state index contributed by atoms with van der Waals surface area (Å²) in [5, 5.41) is 8.62. The molecule has 0 aromatic rings. The van der Waals surface area contributed by atoms with Gasteiger partial charge in [0.15, 0.2) is 0 Å². The van der Waals surface area contributed by atoms with E-state index >= 15 is 0 Å². The minimum atomic E-state index is -4.37. The predicted molar refractivity (Wildman–Crippen MR) is 39.9 cm³/mol. The fourth-order valence-electron chi connectivity index (χ4n) is 1.29. The Bertz CT molecular complexity index is 219. The molecule has 1 atom stereocenters. The van der Waals surface area contributed by atoms with E-state index in [4.69, 9.17) is 9.84 Å². The van der Waals surface area contributed by atoms with Gasteiger partial charge >= 0.3 is 12.1 Å². The number of alkyl halides is 3. The maximum atomic E-state index is 12.0. The van der Waals surface area contributed by atoms with Crippen molar-refractivity contribution in [3.63, 3.8) is 0 Å². The summed E-state index contributed by atoms with van der Waals surface area (Å²) in [5.41, 5.74) is 0. The number of hydrogen-bond acceptors (Lipinski definition) is 3. The lowest BCUT2D eigenvalue weighted by atomic mass is 10.2. The van der Waals surface area contributed by atoms with Crippen LogP contribution < -0.4 is 0 Å². The van der Waals surface area contributed by atoms with Crippen molar-refractivity contribution in [3.8, 4) is 0 Å². The molecule has 0 amide bonds. The van der Waals surface area contributed by atoms with Gasteiger partial charge in [-0.25, -0.2) is 0 Å². The number of carboxylic acid groups (broad SMARTS) is 1. The number of ether oxygens (including phenoxy) is 1. The fourth-order valence-corrected chi connectivity index (χ4v) is 1.29. The van der Waals surface area contributed by atoms with Crippen LogP contribution in [0.1, 0.15) is 0 Å². The molecule has 1 N–H and O–H groups in total. The van der Waals surface area contributed by atoms with Crippen LogP contribution in [0.25, 0.3) is 0 Å². The van der Waals surface area contributed by atoms with E-state index in [0.717, 1.165) is 4.90 Å². The van der Waals surface area contributed by atoms with E-state index in [9.17, 15) is 18.0 Å². The van der Waals surface area contributed by atoms with Crippen molar-refractivity contribution < 1.29 is 27.8 Å². The highest BCUT2D eigenvalue weighted by Crippen LogP contribution is 2.19. The van der Waals surface area contributed by atoms with Crippen LogP contribution >= 0.6 is 0 Å². The van der Waals surface area contributed by atoms with Crippen LogP contribution in [0, 0.1) is 0 Å². The monoisotopic (exact) mass is 213 g/mol. The van der Waals surface area contributed by atoms with Gasteiger partial charge in [0.25, 0.3) is 0 Å². The number of hydrogen-bond donors (Lipinski definition) is 1. The molecule has 0 aromatic carbocycles. The zero-order valence-corrected chi connectivity index (χ0v) is 7.25. The second-order valence-electron chi connectivity index (χ2n) is 3.01. The summed E-state index contributed by atoms with van der Waals surface area (Å²) in [6, 6.07) is -1.19. The molecule has 0 aromatic heterocycles. The second-order valence-corrected chi connectivity index (χ2v) is 3.01. The van der Waals surface area contributed by atoms with Crippen molar-refractivity contribution in [3.05, 3.63) is 0 Å².